The van der Waals surface area contributed by atoms with Crippen LogP contribution >= 0.6 is 11.6 Å². The monoisotopic (exact) mass is 303 g/mol. The molecule has 0 saturated carbocycles. The molecule has 0 aliphatic rings. The minimum Gasteiger partial charge on any atom is -0.457 e. The van der Waals surface area contributed by atoms with Crippen LogP contribution in [0.2, 0.25) is 5.02 Å². The third-order valence-electron chi connectivity index (χ3n) is 3.40. The number of hydrogen-bond acceptors (Lipinski definition) is 3. The van der Waals surface area contributed by atoms with Crippen LogP contribution in [-0.4, -0.2) is 5.97 Å². The topological polar surface area (TPSA) is 52.3 Å². The molecule has 0 aliphatic heterocycles. The first-order chi connectivity index (χ1) is 9.88. The lowest BCUT2D eigenvalue weighted by molar-refractivity contribution is 0.0472. The molecular formula is C17H18ClNO2. The fourth-order valence-electron chi connectivity index (χ4n) is 2.35. The van der Waals surface area contributed by atoms with Crippen LogP contribution in [-0.2, 0) is 11.3 Å². The normalized spacial score (nSPS) is 10.5. The Balaban J connectivity index is 2.17. The van der Waals surface area contributed by atoms with Gasteiger partial charge in [0.15, 0.2) is 0 Å². The summed E-state index contributed by atoms with van der Waals surface area (Å²) in [4.78, 5) is 12.1. The lowest BCUT2D eigenvalue weighted by Gasteiger charge is -2.12. The first-order valence-electron chi connectivity index (χ1n) is 6.67. The van der Waals surface area contributed by atoms with Gasteiger partial charge in [-0.3, -0.25) is 0 Å². The van der Waals surface area contributed by atoms with Gasteiger partial charge >= 0.3 is 5.97 Å². The van der Waals surface area contributed by atoms with Gasteiger partial charge in [0.05, 0.1) is 10.6 Å². The zero-order chi connectivity index (χ0) is 15.6. The number of ether oxygens (including phenoxy) is 1. The van der Waals surface area contributed by atoms with E-state index in [1.165, 1.54) is 11.6 Å². The van der Waals surface area contributed by atoms with E-state index in [0.29, 0.717) is 16.3 Å². The molecule has 0 aromatic heterocycles. The standard InChI is InChI=1S/C17H18ClNO2/c1-10-6-11(2)15(12(3)7-10)9-21-17(20)14-8-13(19)4-5-16(14)18/h4-8H,9,19H2,1-3H3. The van der Waals surface area contributed by atoms with Crippen LogP contribution in [0.4, 0.5) is 5.69 Å². The van der Waals surface area contributed by atoms with E-state index >= 15 is 0 Å². The van der Waals surface area contributed by atoms with Crippen LogP contribution in [0.25, 0.3) is 0 Å². The Kier molecular flexibility index (Phi) is 4.53. The second-order valence-corrected chi connectivity index (χ2v) is 5.60. The van der Waals surface area contributed by atoms with Crippen molar-refractivity contribution in [1.82, 2.24) is 0 Å². The molecule has 0 aliphatic carbocycles. The van der Waals surface area contributed by atoms with Gasteiger partial charge < -0.3 is 10.5 Å². The average molecular weight is 304 g/mol. The van der Waals surface area contributed by atoms with Crippen molar-refractivity contribution in [2.45, 2.75) is 27.4 Å². The highest BCUT2D eigenvalue weighted by Gasteiger charge is 2.14. The fourth-order valence-corrected chi connectivity index (χ4v) is 2.55. The van der Waals surface area contributed by atoms with Crippen LogP contribution in [0.5, 0.6) is 0 Å². The number of carbonyl (C=O) groups excluding carboxylic acids is 1. The predicted octanol–water partition coefficient (Wildman–Crippen LogP) is 4.20. The SMILES string of the molecule is Cc1cc(C)c(COC(=O)c2cc(N)ccc2Cl)c(C)c1. The van der Waals surface area contributed by atoms with Crippen molar-refractivity contribution in [1.29, 1.82) is 0 Å². The van der Waals surface area contributed by atoms with E-state index < -0.39 is 5.97 Å². The van der Waals surface area contributed by atoms with E-state index in [1.54, 1.807) is 12.1 Å². The number of esters is 1. The van der Waals surface area contributed by atoms with Crippen LogP contribution in [0.1, 0.15) is 32.6 Å². The summed E-state index contributed by atoms with van der Waals surface area (Å²) in [5.74, 6) is -0.466. The second-order valence-electron chi connectivity index (χ2n) is 5.19. The predicted molar refractivity (Wildman–Crippen MR) is 85.6 cm³/mol. The maximum absolute atomic E-state index is 12.1. The summed E-state index contributed by atoms with van der Waals surface area (Å²) in [6.07, 6.45) is 0. The van der Waals surface area contributed by atoms with Crippen molar-refractivity contribution in [3.8, 4) is 0 Å². The number of rotatable bonds is 3. The number of halogens is 1. The summed E-state index contributed by atoms with van der Waals surface area (Å²) >= 11 is 6.00. The maximum atomic E-state index is 12.1. The molecule has 3 nitrogen and oxygen atoms in total. The van der Waals surface area contributed by atoms with Gasteiger partial charge in [-0.25, -0.2) is 4.79 Å². The Morgan fingerprint density at radius 3 is 2.38 bits per heavy atom. The zero-order valence-corrected chi connectivity index (χ0v) is 13.1. The van der Waals surface area contributed by atoms with Crippen LogP contribution in [0.3, 0.4) is 0 Å². The molecule has 4 heteroatoms. The Hall–Kier alpha value is -2.00. The summed E-state index contributed by atoms with van der Waals surface area (Å²) in [5.41, 5.74) is 10.9. The number of aryl methyl sites for hydroxylation is 3. The highest BCUT2D eigenvalue weighted by atomic mass is 35.5. The number of benzene rings is 2. The summed E-state index contributed by atoms with van der Waals surface area (Å²) in [6.45, 7) is 6.29. The van der Waals surface area contributed by atoms with Gasteiger partial charge in [-0.15, -0.1) is 0 Å². The minimum absolute atomic E-state index is 0.224. The third kappa shape index (κ3) is 3.56. The number of anilines is 1. The van der Waals surface area contributed by atoms with Crippen LogP contribution in [0.15, 0.2) is 30.3 Å². The Bertz CT molecular complexity index is 672. The highest BCUT2D eigenvalue weighted by molar-refractivity contribution is 6.33. The van der Waals surface area contributed by atoms with E-state index in [0.717, 1.165) is 16.7 Å². The molecule has 0 fully saturated rings. The van der Waals surface area contributed by atoms with Gasteiger partial charge in [0.25, 0.3) is 0 Å². The molecule has 0 unspecified atom stereocenters. The summed E-state index contributed by atoms with van der Waals surface area (Å²) < 4.78 is 5.37. The summed E-state index contributed by atoms with van der Waals surface area (Å²) in [5, 5.41) is 0.339. The van der Waals surface area contributed by atoms with Gasteiger partial charge in [-0.2, -0.15) is 0 Å². The van der Waals surface area contributed by atoms with Gasteiger partial charge in [0.2, 0.25) is 0 Å². The number of nitrogen functional groups attached to an aromatic ring is 1. The Morgan fingerprint density at radius 1 is 1.14 bits per heavy atom. The molecule has 0 atom stereocenters. The van der Waals surface area contributed by atoms with E-state index in [-0.39, 0.29) is 6.61 Å². The van der Waals surface area contributed by atoms with E-state index in [9.17, 15) is 4.79 Å². The minimum atomic E-state index is -0.466. The molecule has 0 radical (unpaired) electrons. The molecule has 2 aromatic rings. The molecule has 2 N–H and O–H groups in total. The Labute approximate surface area is 129 Å². The first kappa shape index (κ1) is 15.4. The molecule has 2 aromatic carbocycles. The average Bonchev–Trinajstić information content (AvgIpc) is 2.40. The third-order valence-corrected chi connectivity index (χ3v) is 3.73. The Morgan fingerprint density at radius 2 is 1.76 bits per heavy atom. The zero-order valence-electron chi connectivity index (χ0n) is 12.4. The van der Waals surface area contributed by atoms with Crippen molar-refractivity contribution in [3.05, 3.63) is 63.2 Å². The van der Waals surface area contributed by atoms with Gasteiger partial charge in [0, 0.05) is 5.69 Å². The summed E-state index contributed by atoms with van der Waals surface area (Å²) in [6, 6.07) is 8.91. The fraction of sp³-hybridized carbons (Fsp3) is 0.235. The quantitative estimate of drug-likeness (QED) is 0.683. The highest BCUT2D eigenvalue weighted by Crippen LogP contribution is 2.22. The van der Waals surface area contributed by atoms with Gasteiger partial charge in [-0.05, 0) is 55.7 Å². The largest absolute Gasteiger partial charge is 0.457 e. The molecule has 0 saturated heterocycles. The molecule has 0 bridgehead atoms. The molecule has 0 spiro atoms. The number of hydrogen-bond donors (Lipinski definition) is 1. The lowest BCUT2D eigenvalue weighted by atomic mass is 10.0. The van der Waals surface area contributed by atoms with E-state index in [4.69, 9.17) is 22.1 Å². The molecule has 0 amide bonds. The summed E-state index contributed by atoms with van der Waals surface area (Å²) in [7, 11) is 0. The molecular weight excluding hydrogens is 286 g/mol. The number of carbonyl (C=O) groups is 1. The molecule has 2 rings (SSSR count). The van der Waals surface area contributed by atoms with E-state index in [2.05, 4.69) is 12.1 Å². The molecule has 110 valence electrons. The number of nitrogens with two attached hydrogens (primary N) is 1. The smallest absolute Gasteiger partial charge is 0.340 e. The van der Waals surface area contributed by atoms with Crippen molar-refractivity contribution in [3.63, 3.8) is 0 Å². The van der Waals surface area contributed by atoms with E-state index in [1.807, 2.05) is 20.8 Å². The molecule has 0 heterocycles. The van der Waals surface area contributed by atoms with Crippen molar-refractivity contribution in [2.75, 3.05) is 5.73 Å². The van der Waals surface area contributed by atoms with Gasteiger partial charge in [-0.1, -0.05) is 29.3 Å². The van der Waals surface area contributed by atoms with Crippen LogP contribution in [0, 0.1) is 20.8 Å². The van der Waals surface area contributed by atoms with Gasteiger partial charge in [0.1, 0.15) is 6.61 Å². The second kappa shape index (κ2) is 6.19. The van der Waals surface area contributed by atoms with Crippen molar-refractivity contribution >= 4 is 23.3 Å². The maximum Gasteiger partial charge on any atom is 0.340 e. The lowest BCUT2D eigenvalue weighted by Crippen LogP contribution is -2.08. The van der Waals surface area contributed by atoms with Crippen LogP contribution < -0.4 is 5.73 Å². The molecule has 21 heavy (non-hydrogen) atoms. The van der Waals surface area contributed by atoms with Crippen molar-refractivity contribution in [2.24, 2.45) is 0 Å². The van der Waals surface area contributed by atoms with Crippen molar-refractivity contribution < 1.29 is 9.53 Å². The first-order valence-corrected chi connectivity index (χ1v) is 7.05.